The Hall–Kier alpha value is -1.66. The van der Waals surface area contributed by atoms with E-state index in [9.17, 15) is 0 Å². The molecule has 0 atom stereocenters. The highest BCUT2D eigenvalue weighted by atomic mass is 32.2. The Bertz CT molecular complexity index is 557. The van der Waals surface area contributed by atoms with Crippen LogP contribution >= 0.6 is 11.9 Å². The molecule has 2 aromatic rings. The van der Waals surface area contributed by atoms with Crippen molar-refractivity contribution in [3.05, 3.63) is 36.5 Å². The molecule has 0 amide bonds. The molecule has 0 spiro atoms. The van der Waals surface area contributed by atoms with Gasteiger partial charge in [-0.05, 0) is 36.2 Å². The van der Waals surface area contributed by atoms with Crippen LogP contribution in [0.5, 0.6) is 0 Å². The number of hydrogen-bond acceptors (Lipinski definition) is 5. The highest BCUT2D eigenvalue weighted by molar-refractivity contribution is 7.97. The van der Waals surface area contributed by atoms with Gasteiger partial charge in [0.15, 0.2) is 5.82 Å². The van der Waals surface area contributed by atoms with E-state index in [2.05, 4.69) is 32.5 Å². The SMILES string of the molecule is Cn1ccc(N2CCN(Sc3ccc(N)cc3)CC2)n1. The Labute approximate surface area is 123 Å². The first-order chi connectivity index (χ1) is 9.70. The van der Waals surface area contributed by atoms with Crippen molar-refractivity contribution in [2.75, 3.05) is 36.8 Å². The molecule has 2 heterocycles. The number of hydrogen-bond donors (Lipinski definition) is 1. The number of aryl methyl sites for hydroxylation is 1. The van der Waals surface area contributed by atoms with Crippen LogP contribution in [0.1, 0.15) is 0 Å². The van der Waals surface area contributed by atoms with Crippen LogP contribution in [0.4, 0.5) is 11.5 Å². The zero-order chi connectivity index (χ0) is 13.9. The number of nitrogens with two attached hydrogens (primary N) is 1. The fourth-order valence-electron chi connectivity index (χ4n) is 2.26. The van der Waals surface area contributed by atoms with Gasteiger partial charge in [-0.25, -0.2) is 4.31 Å². The van der Waals surface area contributed by atoms with Crippen molar-refractivity contribution in [1.82, 2.24) is 14.1 Å². The number of benzene rings is 1. The number of nitrogens with zero attached hydrogens (tertiary/aromatic N) is 4. The molecular formula is C14H19N5S. The van der Waals surface area contributed by atoms with E-state index in [0.717, 1.165) is 37.7 Å². The quantitative estimate of drug-likeness (QED) is 0.690. The summed E-state index contributed by atoms with van der Waals surface area (Å²) < 4.78 is 4.25. The van der Waals surface area contributed by atoms with Crippen LogP contribution < -0.4 is 10.6 Å². The second-order valence-corrected chi connectivity index (χ2v) is 6.09. The summed E-state index contributed by atoms with van der Waals surface area (Å²) in [5, 5.41) is 4.46. The lowest BCUT2D eigenvalue weighted by Gasteiger charge is -2.33. The van der Waals surface area contributed by atoms with E-state index in [4.69, 9.17) is 5.73 Å². The Kier molecular flexibility index (Phi) is 3.84. The molecule has 1 aliphatic rings. The van der Waals surface area contributed by atoms with Crippen molar-refractivity contribution in [2.45, 2.75) is 4.90 Å². The number of nitrogen functional groups attached to an aromatic ring is 1. The van der Waals surface area contributed by atoms with Crippen LogP contribution in [0.15, 0.2) is 41.4 Å². The van der Waals surface area contributed by atoms with Crippen LogP contribution in [0.2, 0.25) is 0 Å². The third-order valence-electron chi connectivity index (χ3n) is 3.38. The lowest BCUT2D eigenvalue weighted by atomic mass is 10.3. The van der Waals surface area contributed by atoms with Gasteiger partial charge in [0.05, 0.1) is 0 Å². The van der Waals surface area contributed by atoms with Gasteiger partial charge in [0.2, 0.25) is 0 Å². The highest BCUT2D eigenvalue weighted by Gasteiger charge is 2.19. The molecule has 1 fully saturated rings. The first kappa shape index (κ1) is 13.3. The predicted molar refractivity (Wildman–Crippen MR) is 83.7 cm³/mol. The molecule has 1 aliphatic heterocycles. The van der Waals surface area contributed by atoms with E-state index < -0.39 is 0 Å². The summed E-state index contributed by atoms with van der Waals surface area (Å²) in [7, 11) is 1.96. The fraction of sp³-hybridized carbons (Fsp3) is 0.357. The van der Waals surface area contributed by atoms with E-state index in [1.54, 1.807) is 11.9 Å². The zero-order valence-corrected chi connectivity index (χ0v) is 12.4. The molecule has 0 unspecified atom stereocenters. The number of piperazine rings is 1. The molecule has 6 heteroatoms. The summed E-state index contributed by atoms with van der Waals surface area (Å²) in [5.41, 5.74) is 6.52. The van der Waals surface area contributed by atoms with E-state index in [0.29, 0.717) is 0 Å². The normalized spacial score (nSPS) is 16.6. The van der Waals surface area contributed by atoms with Crippen molar-refractivity contribution < 1.29 is 0 Å². The Balaban J connectivity index is 1.54. The first-order valence-corrected chi connectivity index (χ1v) is 7.51. The Morgan fingerprint density at radius 2 is 1.75 bits per heavy atom. The summed E-state index contributed by atoms with van der Waals surface area (Å²) in [6, 6.07) is 10.1. The molecule has 0 bridgehead atoms. The molecule has 0 aliphatic carbocycles. The van der Waals surface area contributed by atoms with Crippen molar-refractivity contribution in [1.29, 1.82) is 0 Å². The Morgan fingerprint density at radius 1 is 1.05 bits per heavy atom. The minimum absolute atomic E-state index is 0.814. The van der Waals surface area contributed by atoms with Crippen molar-refractivity contribution in [2.24, 2.45) is 7.05 Å². The monoisotopic (exact) mass is 289 g/mol. The van der Waals surface area contributed by atoms with E-state index in [1.807, 2.05) is 30.1 Å². The standard InChI is InChI=1S/C14H19N5S/c1-17-7-6-14(16-17)18-8-10-19(11-9-18)20-13-4-2-12(15)3-5-13/h2-7H,8-11,15H2,1H3. The molecule has 1 saturated heterocycles. The molecule has 106 valence electrons. The minimum atomic E-state index is 0.814. The van der Waals surface area contributed by atoms with E-state index in [-0.39, 0.29) is 0 Å². The van der Waals surface area contributed by atoms with Gasteiger partial charge in [-0.2, -0.15) is 5.10 Å². The average molecular weight is 289 g/mol. The number of anilines is 2. The topological polar surface area (TPSA) is 50.3 Å². The molecule has 20 heavy (non-hydrogen) atoms. The zero-order valence-electron chi connectivity index (χ0n) is 11.6. The molecule has 5 nitrogen and oxygen atoms in total. The lowest BCUT2D eigenvalue weighted by Crippen LogP contribution is -2.43. The second kappa shape index (κ2) is 5.76. The summed E-state index contributed by atoms with van der Waals surface area (Å²) in [5.74, 6) is 1.07. The van der Waals surface area contributed by atoms with E-state index in [1.165, 1.54) is 4.90 Å². The van der Waals surface area contributed by atoms with Gasteiger partial charge in [0.1, 0.15) is 0 Å². The molecule has 0 saturated carbocycles. The van der Waals surface area contributed by atoms with Crippen LogP contribution in [0, 0.1) is 0 Å². The fourth-order valence-corrected chi connectivity index (χ4v) is 3.16. The number of rotatable bonds is 3. The predicted octanol–water partition coefficient (Wildman–Crippen LogP) is 1.83. The second-order valence-electron chi connectivity index (χ2n) is 4.92. The summed E-state index contributed by atoms with van der Waals surface area (Å²) in [4.78, 5) is 3.57. The molecule has 2 N–H and O–H groups in total. The molecule has 1 aromatic heterocycles. The van der Waals surface area contributed by atoms with Crippen LogP contribution in [0.25, 0.3) is 0 Å². The van der Waals surface area contributed by atoms with Crippen LogP contribution in [-0.2, 0) is 7.05 Å². The van der Waals surface area contributed by atoms with Gasteiger partial charge in [-0.15, -0.1) is 0 Å². The number of aromatic nitrogens is 2. The maximum atomic E-state index is 5.71. The summed E-state index contributed by atoms with van der Waals surface area (Å²) in [6.07, 6.45) is 1.99. The molecule has 3 rings (SSSR count). The third kappa shape index (κ3) is 3.08. The molecule has 1 aromatic carbocycles. The van der Waals surface area contributed by atoms with Crippen molar-refractivity contribution >= 4 is 23.5 Å². The summed E-state index contributed by atoms with van der Waals surface area (Å²) >= 11 is 1.80. The summed E-state index contributed by atoms with van der Waals surface area (Å²) in [6.45, 7) is 4.09. The van der Waals surface area contributed by atoms with E-state index >= 15 is 0 Å². The lowest BCUT2D eigenvalue weighted by molar-refractivity contribution is 0.427. The molecule has 0 radical (unpaired) electrons. The van der Waals surface area contributed by atoms with Gasteiger partial charge in [-0.3, -0.25) is 4.68 Å². The van der Waals surface area contributed by atoms with Gasteiger partial charge in [0, 0.05) is 56.1 Å². The van der Waals surface area contributed by atoms with Crippen molar-refractivity contribution in [3.8, 4) is 0 Å². The van der Waals surface area contributed by atoms with Gasteiger partial charge in [-0.1, -0.05) is 0 Å². The smallest absolute Gasteiger partial charge is 0.150 e. The highest BCUT2D eigenvalue weighted by Crippen LogP contribution is 2.25. The minimum Gasteiger partial charge on any atom is -0.399 e. The third-order valence-corrected chi connectivity index (χ3v) is 4.48. The maximum Gasteiger partial charge on any atom is 0.150 e. The van der Waals surface area contributed by atoms with Gasteiger partial charge >= 0.3 is 0 Å². The largest absolute Gasteiger partial charge is 0.399 e. The van der Waals surface area contributed by atoms with Crippen molar-refractivity contribution in [3.63, 3.8) is 0 Å². The Morgan fingerprint density at radius 3 is 2.35 bits per heavy atom. The maximum absolute atomic E-state index is 5.71. The van der Waals surface area contributed by atoms with Crippen LogP contribution in [-0.4, -0.2) is 40.3 Å². The first-order valence-electron chi connectivity index (χ1n) is 6.74. The average Bonchev–Trinajstić information content (AvgIpc) is 2.89. The van der Waals surface area contributed by atoms with Crippen LogP contribution in [0.3, 0.4) is 0 Å². The van der Waals surface area contributed by atoms with Gasteiger partial charge in [0.25, 0.3) is 0 Å². The van der Waals surface area contributed by atoms with Gasteiger partial charge < -0.3 is 10.6 Å². The molecular weight excluding hydrogens is 270 g/mol.